The Kier molecular flexibility index (Phi) is 2.18. The first kappa shape index (κ1) is 10.6. The lowest BCUT2D eigenvalue weighted by molar-refractivity contribution is 0.543. The Hall–Kier alpha value is -1.51. The monoisotopic (exact) mass is 229 g/mol. The highest BCUT2D eigenvalue weighted by atomic mass is 15.1. The van der Waals surface area contributed by atoms with E-state index in [-0.39, 0.29) is 5.41 Å². The van der Waals surface area contributed by atoms with Crippen LogP contribution < -0.4 is 5.32 Å². The van der Waals surface area contributed by atoms with E-state index in [2.05, 4.69) is 53.8 Å². The van der Waals surface area contributed by atoms with E-state index in [4.69, 9.17) is 0 Å². The smallest absolute Gasteiger partial charge is 0.118 e. The van der Waals surface area contributed by atoms with Crippen molar-refractivity contribution < 1.29 is 0 Å². The summed E-state index contributed by atoms with van der Waals surface area (Å²) >= 11 is 0. The fourth-order valence-corrected chi connectivity index (χ4v) is 2.15. The van der Waals surface area contributed by atoms with Crippen LogP contribution in [0.1, 0.15) is 39.4 Å². The molecule has 1 saturated carbocycles. The maximum atomic E-state index is 4.58. The van der Waals surface area contributed by atoms with Crippen molar-refractivity contribution in [1.29, 1.82) is 0 Å². The largest absolute Gasteiger partial charge is 0.381 e. The van der Waals surface area contributed by atoms with Gasteiger partial charge in [0.2, 0.25) is 0 Å². The summed E-state index contributed by atoms with van der Waals surface area (Å²) in [5, 5.41) is 3.56. The van der Waals surface area contributed by atoms with Crippen LogP contribution in [0.25, 0.3) is 5.52 Å². The molecule has 0 amide bonds. The molecule has 0 saturated heterocycles. The number of imidazole rings is 1. The van der Waals surface area contributed by atoms with Gasteiger partial charge in [0.15, 0.2) is 0 Å². The summed E-state index contributed by atoms with van der Waals surface area (Å²) in [6.07, 6.45) is 6.66. The molecule has 1 N–H and O–H groups in total. The van der Waals surface area contributed by atoms with Crippen molar-refractivity contribution >= 4 is 11.2 Å². The lowest BCUT2D eigenvalue weighted by Gasteiger charge is -2.17. The summed E-state index contributed by atoms with van der Waals surface area (Å²) in [5.41, 5.74) is 2.47. The lowest BCUT2D eigenvalue weighted by atomic mass is 9.96. The van der Waals surface area contributed by atoms with Gasteiger partial charge in [-0.15, -0.1) is 0 Å². The van der Waals surface area contributed by atoms with E-state index in [0.29, 0.717) is 6.04 Å². The van der Waals surface area contributed by atoms with Gasteiger partial charge in [-0.25, -0.2) is 4.98 Å². The van der Waals surface area contributed by atoms with Crippen LogP contribution in [0, 0.1) is 0 Å². The van der Waals surface area contributed by atoms with Crippen molar-refractivity contribution in [3.05, 3.63) is 30.4 Å². The van der Waals surface area contributed by atoms with Crippen LogP contribution in [0.3, 0.4) is 0 Å². The normalized spacial score (nSPS) is 16.4. The number of fused-ring (bicyclic) bond motifs is 1. The van der Waals surface area contributed by atoms with E-state index >= 15 is 0 Å². The van der Waals surface area contributed by atoms with E-state index in [1.165, 1.54) is 24.0 Å². The van der Waals surface area contributed by atoms with Crippen LogP contribution >= 0.6 is 0 Å². The minimum Gasteiger partial charge on any atom is -0.381 e. The first-order chi connectivity index (χ1) is 8.05. The molecule has 0 aromatic carbocycles. The van der Waals surface area contributed by atoms with E-state index in [1.807, 2.05) is 6.20 Å². The minimum atomic E-state index is 0.0740. The molecule has 2 aromatic heterocycles. The molecule has 0 atom stereocenters. The van der Waals surface area contributed by atoms with Crippen LogP contribution in [0.4, 0.5) is 5.69 Å². The van der Waals surface area contributed by atoms with Crippen molar-refractivity contribution in [3.63, 3.8) is 0 Å². The van der Waals surface area contributed by atoms with Crippen molar-refractivity contribution in [2.45, 2.75) is 45.1 Å². The molecule has 1 fully saturated rings. The Morgan fingerprint density at radius 3 is 2.76 bits per heavy atom. The predicted octanol–water partition coefficient (Wildman–Crippen LogP) is 3.21. The molecule has 3 heteroatoms. The first-order valence-electron chi connectivity index (χ1n) is 6.29. The van der Waals surface area contributed by atoms with Crippen LogP contribution in [-0.4, -0.2) is 15.4 Å². The number of anilines is 1. The van der Waals surface area contributed by atoms with E-state index in [9.17, 15) is 0 Å². The van der Waals surface area contributed by atoms with Crippen LogP contribution in [-0.2, 0) is 5.41 Å². The molecule has 3 nitrogen and oxygen atoms in total. The molecule has 17 heavy (non-hydrogen) atoms. The standard InChI is InChI=1S/C14H19N3/c1-14(2,3)13-15-9-12-11(16-10-6-7-10)5-4-8-17(12)13/h4-5,8-10,16H,6-7H2,1-3H3. The summed E-state index contributed by atoms with van der Waals surface area (Å²) in [5.74, 6) is 1.12. The zero-order valence-corrected chi connectivity index (χ0v) is 10.7. The fourth-order valence-electron chi connectivity index (χ4n) is 2.15. The second-order valence-electron chi connectivity index (χ2n) is 5.93. The van der Waals surface area contributed by atoms with Gasteiger partial charge in [-0.3, -0.25) is 0 Å². The molecule has 0 bridgehead atoms. The third kappa shape index (κ3) is 1.90. The summed E-state index contributed by atoms with van der Waals surface area (Å²) in [7, 11) is 0. The third-order valence-electron chi connectivity index (χ3n) is 3.18. The molecule has 90 valence electrons. The molecule has 1 aliphatic rings. The highest BCUT2D eigenvalue weighted by molar-refractivity contribution is 5.72. The number of nitrogens with zero attached hydrogens (tertiary/aromatic N) is 2. The maximum absolute atomic E-state index is 4.58. The van der Waals surface area contributed by atoms with Gasteiger partial charge in [-0.05, 0) is 25.0 Å². The molecule has 0 aliphatic heterocycles. The number of hydrogen-bond donors (Lipinski definition) is 1. The summed E-state index contributed by atoms with van der Waals surface area (Å²) in [6, 6.07) is 4.91. The van der Waals surface area contributed by atoms with E-state index in [0.717, 1.165) is 5.82 Å². The van der Waals surface area contributed by atoms with Gasteiger partial charge in [0, 0.05) is 17.7 Å². The molecular formula is C14H19N3. The quantitative estimate of drug-likeness (QED) is 0.856. The van der Waals surface area contributed by atoms with Crippen LogP contribution in [0.5, 0.6) is 0 Å². The molecule has 0 radical (unpaired) electrons. The number of aromatic nitrogens is 2. The first-order valence-corrected chi connectivity index (χ1v) is 6.29. The molecule has 2 heterocycles. The van der Waals surface area contributed by atoms with E-state index in [1.54, 1.807) is 0 Å². The van der Waals surface area contributed by atoms with Crippen molar-refractivity contribution in [2.24, 2.45) is 0 Å². The summed E-state index contributed by atoms with van der Waals surface area (Å²) in [4.78, 5) is 4.58. The second kappa shape index (κ2) is 3.49. The maximum Gasteiger partial charge on any atom is 0.118 e. The highest BCUT2D eigenvalue weighted by Gasteiger charge is 2.23. The molecule has 2 aromatic rings. The highest BCUT2D eigenvalue weighted by Crippen LogP contribution is 2.29. The molecule has 3 rings (SSSR count). The van der Waals surface area contributed by atoms with Gasteiger partial charge in [-0.1, -0.05) is 20.8 Å². The van der Waals surface area contributed by atoms with Gasteiger partial charge in [0.25, 0.3) is 0 Å². The average molecular weight is 229 g/mol. The van der Waals surface area contributed by atoms with Gasteiger partial charge < -0.3 is 9.72 Å². The molecular weight excluding hydrogens is 210 g/mol. The number of hydrogen-bond acceptors (Lipinski definition) is 2. The zero-order chi connectivity index (χ0) is 12.0. The fraction of sp³-hybridized carbons (Fsp3) is 0.500. The predicted molar refractivity (Wildman–Crippen MR) is 70.5 cm³/mol. The van der Waals surface area contributed by atoms with Gasteiger partial charge in [0.1, 0.15) is 5.82 Å². The van der Waals surface area contributed by atoms with Crippen LogP contribution in [0.2, 0.25) is 0 Å². The zero-order valence-electron chi connectivity index (χ0n) is 10.7. The Morgan fingerprint density at radius 2 is 2.12 bits per heavy atom. The molecule has 1 aliphatic carbocycles. The van der Waals surface area contributed by atoms with Gasteiger partial charge >= 0.3 is 0 Å². The Labute approximate surface area is 102 Å². The SMILES string of the molecule is CC(C)(C)c1ncc2c(NC3CC3)cccn12. The lowest BCUT2D eigenvalue weighted by Crippen LogP contribution is -2.16. The Bertz CT molecular complexity index is 544. The molecule has 0 unspecified atom stereocenters. The average Bonchev–Trinajstić information content (AvgIpc) is 2.94. The van der Waals surface area contributed by atoms with Crippen LogP contribution in [0.15, 0.2) is 24.5 Å². The Morgan fingerprint density at radius 1 is 1.35 bits per heavy atom. The topological polar surface area (TPSA) is 29.3 Å². The third-order valence-corrected chi connectivity index (χ3v) is 3.18. The Balaban J connectivity index is 2.10. The second-order valence-corrected chi connectivity index (χ2v) is 5.93. The summed E-state index contributed by atoms with van der Waals surface area (Å²) < 4.78 is 2.20. The van der Waals surface area contributed by atoms with Crippen molar-refractivity contribution in [3.8, 4) is 0 Å². The van der Waals surface area contributed by atoms with Crippen molar-refractivity contribution in [2.75, 3.05) is 5.32 Å². The number of pyridine rings is 1. The van der Waals surface area contributed by atoms with Crippen molar-refractivity contribution in [1.82, 2.24) is 9.38 Å². The van der Waals surface area contributed by atoms with Gasteiger partial charge in [-0.2, -0.15) is 0 Å². The van der Waals surface area contributed by atoms with Gasteiger partial charge in [0.05, 0.1) is 17.4 Å². The molecule has 0 spiro atoms. The van der Waals surface area contributed by atoms with E-state index < -0.39 is 0 Å². The minimum absolute atomic E-state index is 0.0740. The number of nitrogens with one attached hydrogen (secondary N) is 1. The number of rotatable bonds is 2. The summed E-state index contributed by atoms with van der Waals surface area (Å²) in [6.45, 7) is 6.59.